The van der Waals surface area contributed by atoms with Crippen molar-refractivity contribution in [3.8, 4) is 0 Å². The van der Waals surface area contributed by atoms with E-state index in [4.69, 9.17) is 0 Å². The molecule has 0 aliphatic heterocycles. The first-order valence-electron chi connectivity index (χ1n) is 9.84. The van der Waals surface area contributed by atoms with Crippen LogP contribution in [0.4, 0.5) is 11.4 Å². The summed E-state index contributed by atoms with van der Waals surface area (Å²) in [5, 5.41) is 5.65. The van der Waals surface area contributed by atoms with Crippen LogP contribution < -0.4 is 10.6 Å². The summed E-state index contributed by atoms with van der Waals surface area (Å²) in [6.07, 6.45) is 0.449. The summed E-state index contributed by atoms with van der Waals surface area (Å²) in [6, 6.07) is 22.5. The Labute approximate surface area is 176 Å². The van der Waals surface area contributed by atoms with Gasteiger partial charge in [0.05, 0.1) is 5.56 Å². The van der Waals surface area contributed by atoms with Gasteiger partial charge < -0.3 is 10.6 Å². The molecule has 3 aromatic rings. The Morgan fingerprint density at radius 3 is 1.83 bits per heavy atom. The van der Waals surface area contributed by atoms with Crippen molar-refractivity contribution >= 4 is 29.0 Å². The molecule has 0 saturated carbocycles. The average molecular weight is 400 g/mol. The van der Waals surface area contributed by atoms with E-state index in [1.807, 2.05) is 19.9 Å². The van der Waals surface area contributed by atoms with Crippen LogP contribution in [0.2, 0.25) is 0 Å². The van der Waals surface area contributed by atoms with Gasteiger partial charge in [0.1, 0.15) is 0 Å². The average Bonchev–Trinajstić information content (AvgIpc) is 2.74. The van der Waals surface area contributed by atoms with Gasteiger partial charge in [0.25, 0.3) is 5.91 Å². The lowest BCUT2D eigenvalue weighted by atomic mass is 9.98. The molecule has 30 heavy (non-hydrogen) atoms. The summed E-state index contributed by atoms with van der Waals surface area (Å²) >= 11 is 0. The highest BCUT2D eigenvalue weighted by molar-refractivity contribution is 6.17. The number of hydrogen-bond acceptors (Lipinski definition) is 3. The molecule has 0 aromatic heterocycles. The van der Waals surface area contributed by atoms with E-state index >= 15 is 0 Å². The van der Waals surface area contributed by atoms with Crippen LogP contribution in [0.15, 0.2) is 78.9 Å². The molecule has 0 bridgehead atoms. The van der Waals surface area contributed by atoms with E-state index in [-0.39, 0.29) is 23.5 Å². The standard InChI is InChI=1S/C25H24N2O3/c1-17(2)16-23(28)26-19-12-14-20(15-13-19)27-25(30)22-11-7-6-10-21(22)24(29)18-8-4-3-5-9-18/h3-15,17H,16H2,1-2H3,(H,26,28)(H,27,30). The Hall–Kier alpha value is -3.73. The fourth-order valence-electron chi connectivity index (χ4n) is 3.04. The van der Waals surface area contributed by atoms with E-state index in [1.165, 1.54) is 0 Å². The fourth-order valence-corrected chi connectivity index (χ4v) is 3.04. The molecule has 0 aliphatic rings. The van der Waals surface area contributed by atoms with E-state index in [9.17, 15) is 14.4 Å². The largest absolute Gasteiger partial charge is 0.326 e. The molecule has 0 radical (unpaired) electrons. The lowest BCUT2D eigenvalue weighted by Crippen LogP contribution is -2.17. The van der Waals surface area contributed by atoms with Gasteiger partial charge >= 0.3 is 0 Å². The number of amides is 2. The molecule has 0 fully saturated rings. The van der Waals surface area contributed by atoms with Crippen LogP contribution in [0.5, 0.6) is 0 Å². The molecule has 5 heteroatoms. The smallest absolute Gasteiger partial charge is 0.256 e. The van der Waals surface area contributed by atoms with Gasteiger partial charge in [-0.2, -0.15) is 0 Å². The molecule has 152 valence electrons. The summed E-state index contributed by atoms with van der Waals surface area (Å²) in [5.41, 5.74) is 2.42. The maximum atomic E-state index is 12.8. The maximum absolute atomic E-state index is 12.8. The molecule has 0 saturated heterocycles. The van der Waals surface area contributed by atoms with Crippen LogP contribution in [0, 0.1) is 5.92 Å². The first kappa shape index (κ1) is 21.0. The molecule has 2 amide bonds. The van der Waals surface area contributed by atoms with Crippen molar-refractivity contribution in [1.82, 2.24) is 0 Å². The minimum Gasteiger partial charge on any atom is -0.326 e. The van der Waals surface area contributed by atoms with E-state index < -0.39 is 0 Å². The molecular formula is C25H24N2O3. The van der Waals surface area contributed by atoms with Crippen molar-refractivity contribution in [2.24, 2.45) is 5.92 Å². The lowest BCUT2D eigenvalue weighted by Gasteiger charge is -2.11. The SMILES string of the molecule is CC(C)CC(=O)Nc1ccc(NC(=O)c2ccccc2C(=O)c2ccccc2)cc1. The summed E-state index contributed by atoms with van der Waals surface area (Å²) in [6.45, 7) is 3.97. The van der Waals surface area contributed by atoms with Crippen molar-refractivity contribution in [3.05, 3.63) is 95.6 Å². The quantitative estimate of drug-likeness (QED) is 0.538. The zero-order valence-electron chi connectivity index (χ0n) is 17.0. The number of nitrogens with one attached hydrogen (secondary N) is 2. The third-order valence-electron chi connectivity index (χ3n) is 4.47. The lowest BCUT2D eigenvalue weighted by molar-refractivity contribution is -0.116. The fraction of sp³-hybridized carbons (Fsp3) is 0.160. The maximum Gasteiger partial charge on any atom is 0.256 e. The normalized spacial score (nSPS) is 10.5. The van der Waals surface area contributed by atoms with E-state index in [0.717, 1.165) is 0 Å². The van der Waals surface area contributed by atoms with Gasteiger partial charge in [-0.15, -0.1) is 0 Å². The first-order valence-corrected chi connectivity index (χ1v) is 9.84. The molecule has 0 heterocycles. The zero-order chi connectivity index (χ0) is 21.5. The molecule has 3 aromatic carbocycles. The van der Waals surface area contributed by atoms with Crippen LogP contribution in [-0.4, -0.2) is 17.6 Å². The summed E-state index contributed by atoms with van der Waals surface area (Å²) < 4.78 is 0. The molecule has 2 N–H and O–H groups in total. The number of rotatable bonds is 7. The number of ketones is 1. The monoisotopic (exact) mass is 400 g/mol. The van der Waals surface area contributed by atoms with Crippen molar-refractivity contribution in [2.45, 2.75) is 20.3 Å². The van der Waals surface area contributed by atoms with Crippen LogP contribution >= 0.6 is 0 Å². The number of carbonyl (C=O) groups excluding carboxylic acids is 3. The second-order valence-electron chi connectivity index (χ2n) is 7.42. The topological polar surface area (TPSA) is 75.3 Å². The van der Waals surface area contributed by atoms with Gasteiger partial charge in [0, 0.05) is 28.9 Å². The van der Waals surface area contributed by atoms with Crippen LogP contribution in [0.3, 0.4) is 0 Å². The van der Waals surface area contributed by atoms with E-state index in [1.54, 1.807) is 72.8 Å². The Bertz CT molecular complexity index is 1040. The third-order valence-corrected chi connectivity index (χ3v) is 4.47. The van der Waals surface area contributed by atoms with Gasteiger partial charge in [-0.25, -0.2) is 0 Å². The van der Waals surface area contributed by atoms with Crippen LogP contribution in [0.25, 0.3) is 0 Å². The first-order chi connectivity index (χ1) is 14.4. The minimum atomic E-state index is -0.369. The molecule has 0 spiro atoms. The molecule has 0 atom stereocenters. The van der Waals surface area contributed by atoms with Gasteiger partial charge in [-0.05, 0) is 36.2 Å². The van der Waals surface area contributed by atoms with Gasteiger partial charge in [-0.3, -0.25) is 14.4 Å². The van der Waals surface area contributed by atoms with Crippen LogP contribution in [-0.2, 0) is 4.79 Å². The molecular weight excluding hydrogens is 376 g/mol. The minimum absolute atomic E-state index is 0.0462. The van der Waals surface area contributed by atoms with Crippen LogP contribution in [0.1, 0.15) is 46.5 Å². The van der Waals surface area contributed by atoms with Crippen molar-refractivity contribution in [1.29, 1.82) is 0 Å². The van der Waals surface area contributed by atoms with Crippen molar-refractivity contribution in [3.63, 3.8) is 0 Å². The van der Waals surface area contributed by atoms with Gasteiger partial charge in [0.2, 0.25) is 5.91 Å². The number of hydrogen-bond donors (Lipinski definition) is 2. The van der Waals surface area contributed by atoms with Crippen molar-refractivity contribution in [2.75, 3.05) is 10.6 Å². The Balaban J connectivity index is 1.72. The molecule has 0 aliphatic carbocycles. The predicted octanol–water partition coefficient (Wildman–Crippen LogP) is 5.15. The summed E-state index contributed by atoms with van der Waals surface area (Å²) in [7, 11) is 0. The van der Waals surface area contributed by atoms with Crippen molar-refractivity contribution < 1.29 is 14.4 Å². The van der Waals surface area contributed by atoms with Gasteiger partial charge in [-0.1, -0.05) is 62.4 Å². The molecule has 0 unspecified atom stereocenters. The Morgan fingerprint density at radius 1 is 0.700 bits per heavy atom. The molecule has 5 nitrogen and oxygen atoms in total. The van der Waals surface area contributed by atoms with E-state index in [2.05, 4.69) is 10.6 Å². The number of carbonyl (C=O) groups is 3. The number of benzene rings is 3. The second kappa shape index (κ2) is 9.65. The summed E-state index contributed by atoms with van der Waals surface area (Å²) in [4.78, 5) is 37.5. The number of anilines is 2. The summed E-state index contributed by atoms with van der Waals surface area (Å²) in [5.74, 6) is -0.339. The van der Waals surface area contributed by atoms with Gasteiger partial charge in [0.15, 0.2) is 5.78 Å². The Morgan fingerprint density at radius 2 is 1.23 bits per heavy atom. The predicted molar refractivity (Wildman–Crippen MR) is 119 cm³/mol. The van der Waals surface area contributed by atoms with E-state index in [0.29, 0.717) is 34.5 Å². The Kier molecular flexibility index (Phi) is 6.75. The highest BCUT2D eigenvalue weighted by atomic mass is 16.2. The molecule has 3 rings (SSSR count). The third kappa shape index (κ3) is 5.41. The highest BCUT2D eigenvalue weighted by Gasteiger charge is 2.18. The zero-order valence-corrected chi connectivity index (χ0v) is 17.0. The highest BCUT2D eigenvalue weighted by Crippen LogP contribution is 2.19. The second-order valence-corrected chi connectivity index (χ2v) is 7.42.